The predicted molar refractivity (Wildman–Crippen MR) is 115 cm³/mol. The fraction of sp³-hybridized carbons (Fsp3) is 0.391. The summed E-state index contributed by atoms with van der Waals surface area (Å²) >= 11 is 6.04. The molecule has 1 saturated carbocycles. The normalized spacial score (nSPS) is 17.6. The summed E-state index contributed by atoms with van der Waals surface area (Å²) in [6.45, 7) is 2.37. The molecule has 0 unspecified atom stereocenters. The van der Waals surface area contributed by atoms with E-state index in [1.807, 2.05) is 53.4 Å². The van der Waals surface area contributed by atoms with Crippen LogP contribution < -0.4 is 9.80 Å². The molecule has 2 aromatic carbocycles. The van der Waals surface area contributed by atoms with Gasteiger partial charge in [0.1, 0.15) is 5.52 Å². The van der Waals surface area contributed by atoms with E-state index in [4.69, 9.17) is 16.0 Å². The lowest BCUT2D eigenvalue weighted by Crippen LogP contribution is -2.43. The number of hydrogen-bond acceptors (Lipinski definition) is 4. The molecule has 5 nitrogen and oxygen atoms in total. The second kappa shape index (κ2) is 7.71. The van der Waals surface area contributed by atoms with Gasteiger partial charge in [0.15, 0.2) is 5.58 Å². The van der Waals surface area contributed by atoms with Crippen molar-refractivity contribution < 1.29 is 9.21 Å². The fourth-order valence-electron chi connectivity index (χ4n) is 4.04. The molecular weight excluding hydrogens is 386 g/mol. The molecule has 150 valence electrons. The third-order valence-corrected chi connectivity index (χ3v) is 6.19. The molecule has 1 amide bonds. The Labute approximate surface area is 175 Å². The van der Waals surface area contributed by atoms with E-state index in [9.17, 15) is 4.79 Å². The van der Waals surface area contributed by atoms with Crippen molar-refractivity contribution in [1.82, 2.24) is 4.98 Å². The topological polar surface area (TPSA) is 49.6 Å². The highest BCUT2D eigenvalue weighted by Crippen LogP contribution is 2.34. The van der Waals surface area contributed by atoms with Crippen molar-refractivity contribution in [2.75, 3.05) is 29.4 Å². The average molecular weight is 410 g/mol. The van der Waals surface area contributed by atoms with Crippen molar-refractivity contribution in [3.8, 4) is 0 Å². The molecule has 2 aliphatic rings. The largest absolute Gasteiger partial charge is 0.423 e. The molecule has 1 saturated heterocycles. The number of fused-ring (bicyclic) bond motifs is 1. The van der Waals surface area contributed by atoms with Gasteiger partial charge in [-0.15, -0.1) is 0 Å². The van der Waals surface area contributed by atoms with Crippen LogP contribution in [0, 0.1) is 11.8 Å². The molecule has 0 bridgehead atoms. The average Bonchev–Trinajstić information content (AvgIpc) is 3.47. The summed E-state index contributed by atoms with van der Waals surface area (Å²) in [6, 6.07) is 16.1. The van der Waals surface area contributed by atoms with Gasteiger partial charge >= 0.3 is 0 Å². The monoisotopic (exact) mass is 409 g/mol. The van der Waals surface area contributed by atoms with Crippen LogP contribution in [0.25, 0.3) is 11.1 Å². The first-order valence-electron chi connectivity index (χ1n) is 10.3. The Morgan fingerprint density at radius 2 is 1.79 bits per heavy atom. The van der Waals surface area contributed by atoms with E-state index >= 15 is 0 Å². The zero-order chi connectivity index (χ0) is 19.8. The number of hydrogen-bond donors (Lipinski definition) is 0. The van der Waals surface area contributed by atoms with E-state index in [1.165, 1.54) is 12.8 Å². The highest BCUT2D eigenvalue weighted by atomic mass is 35.5. The smallest absolute Gasteiger partial charge is 0.298 e. The maximum absolute atomic E-state index is 13.4. The van der Waals surface area contributed by atoms with Crippen LogP contribution >= 0.6 is 11.6 Å². The van der Waals surface area contributed by atoms with Crippen LogP contribution in [0.15, 0.2) is 52.9 Å². The molecule has 2 heterocycles. The van der Waals surface area contributed by atoms with Crippen LogP contribution in [0.2, 0.25) is 5.02 Å². The highest BCUT2D eigenvalue weighted by molar-refractivity contribution is 6.30. The molecular formula is C23H24ClN3O2. The number of para-hydroxylation sites is 2. The summed E-state index contributed by atoms with van der Waals surface area (Å²) in [6.07, 6.45) is 4.06. The van der Waals surface area contributed by atoms with Gasteiger partial charge in [0.05, 0.1) is 0 Å². The highest BCUT2D eigenvalue weighted by Gasteiger charge is 2.33. The van der Waals surface area contributed by atoms with E-state index in [0.717, 1.165) is 49.3 Å². The molecule has 0 radical (unpaired) electrons. The fourth-order valence-corrected chi connectivity index (χ4v) is 4.16. The van der Waals surface area contributed by atoms with Crippen LogP contribution in [-0.2, 0) is 4.79 Å². The first kappa shape index (κ1) is 18.5. The minimum absolute atomic E-state index is 0.0325. The van der Waals surface area contributed by atoms with Crippen LogP contribution in [0.3, 0.4) is 0 Å². The number of benzene rings is 2. The molecule has 1 aliphatic carbocycles. The SMILES string of the molecule is O=C(C1CCN(c2nc3ccccc3o2)CC1)N(CC1CC1)c1ccc(Cl)cc1. The summed E-state index contributed by atoms with van der Waals surface area (Å²) in [5.41, 5.74) is 2.63. The van der Waals surface area contributed by atoms with Crippen LogP contribution in [0.4, 0.5) is 11.7 Å². The van der Waals surface area contributed by atoms with Gasteiger partial charge in [0.2, 0.25) is 5.91 Å². The van der Waals surface area contributed by atoms with Gasteiger partial charge in [-0.25, -0.2) is 0 Å². The van der Waals surface area contributed by atoms with E-state index in [0.29, 0.717) is 17.0 Å². The molecule has 2 fully saturated rings. The van der Waals surface area contributed by atoms with E-state index < -0.39 is 0 Å². The Balaban J connectivity index is 1.28. The van der Waals surface area contributed by atoms with Crippen LogP contribution in [0.5, 0.6) is 0 Å². The Kier molecular flexibility index (Phi) is 4.92. The number of halogens is 1. The Morgan fingerprint density at radius 3 is 2.48 bits per heavy atom. The molecule has 6 heteroatoms. The lowest BCUT2D eigenvalue weighted by Gasteiger charge is -2.33. The molecule has 5 rings (SSSR count). The second-order valence-corrected chi connectivity index (χ2v) is 8.53. The third kappa shape index (κ3) is 3.97. The Morgan fingerprint density at radius 1 is 1.07 bits per heavy atom. The van der Waals surface area contributed by atoms with Gasteiger partial charge in [-0.2, -0.15) is 4.98 Å². The molecule has 29 heavy (non-hydrogen) atoms. The molecule has 0 spiro atoms. The van der Waals surface area contributed by atoms with Crippen molar-refractivity contribution in [1.29, 1.82) is 0 Å². The van der Waals surface area contributed by atoms with Gasteiger partial charge in [0.25, 0.3) is 6.01 Å². The number of anilines is 2. The van der Waals surface area contributed by atoms with Crippen molar-refractivity contribution in [2.24, 2.45) is 11.8 Å². The van der Waals surface area contributed by atoms with Gasteiger partial charge in [-0.1, -0.05) is 23.7 Å². The van der Waals surface area contributed by atoms with Crippen molar-refractivity contribution in [3.63, 3.8) is 0 Å². The lowest BCUT2D eigenvalue weighted by atomic mass is 9.95. The molecule has 1 aromatic heterocycles. The molecule has 0 atom stereocenters. The van der Waals surface area contributed by atoms with Crippen LogP contribution in [0.1, 0.15) is 25.7 Å². The third-order valence-electron chi connectivity index (χ3n) is 5.94. The minimum Gasteiger partial charge on any atom is -0.423 e. The van der Waals surface area contributed by atoms with E-state index in [-0.39, 0.29) is 11.8 Å². The second-order valence-electron chi connectivity index (χ2n) is 8.09. The Bertz CT molecular complexity index is 971. The summed E-state index contributed by atoms with van der Waals surface area (Å²) in [7, 11) is 0. The first-order chi connectivity index (χ1) is 14.2. The zero-order valence-electron chi connectivity index (χ0n) is 16.3. The molecule has 3 aromatic rings. The summed E-state index contributed by atoms with van der Waals surface area (Å²) in [4.78, 5) is 22.1. The first-order valence-corrected chi connectivity index (χ1v) is 10.7. The number of nitrogens with zero attached hydrogens (tertiary/aromatic N) is 3. The quantitative estimate of drug-likeness (QED) is 0.585. The maximum Gasteiger partial charge on any atom is 0.298 e. The summed E-state index contributed by atoms with van der Waals surface area (Å²) in [5.74, 6) is 0.899. The number of carbonyl (C=O) groups excluding carboxylic acids is 1. The number of piperidine rings is 1. The molecule has 0 N–H and O–H groups in total. The number of oxazole rings is 1. The number of rotatable bonds is 5. The zero-order valence-corrected chi connectivity index (χ0v) is 17.0. The van der Waals surface area contributed by atoms with E-state index in [1.54, 1.807) is 0 Å². The van der Waals surface area contributed by atoms with Crippen molar-refractivity contribution in [2.45, 2.75) is 25.7 Å². The summed E-state index contributed by atoms with van der Waals surface area (Å²) < 4.78 is 5.90. The van der Waals surface area contributed by atoms with Crippen LogP contribution in [-0.4, -0.2) is 30.5 Å². The standard InChI is InChI=1S/C23H24ClN3O2/c24-18-7-9-19(10-8-18)27(15-16-5-6-16)22(28)17-11-13-26(14-12-17)23-25-20-3-1-2-4-21(20)29-23/h1-4,7-10,16-17H,5-6,11-15H2. The predicted octanol–water partition coefficient (Wildman–Crippen LogP) is 5.14. The lowest BCUT2D eigenvalue weighted by molar-refractivity contribution is -0.123. The molecule has 1 aliphatic heterocycles. The van der Waals surface area contributed by atoms with Gasteiger partial charge in [0, 0.05) is 36.3 Å². The van der Waals surface area contributed by atoms with Gasteiger partial charge in [-0.3, -0.25) is 4.79 Å². The number of amides is 1. The van der Waals surface area contributed by atoms with Gasteiger partial charge in [-0.05, 0) is 68.0 Å². The number of carbonyl (C=O) groups is 1. The van der Waals surface area contributed by atoms with E-state index in [2.05, 4.69) is 9.88 Å². The van der Waals surface area contributed by atoms with Crippen molar-refractivity contribution >= 4 is 40.3 Å². The Hall–Kier alpha value is -2.53. The summed E-state index contributed by atoms with van der Waals surface area (Å²) in [5, 5.41) is 0.694. The minimum atomic E-state index is 0.0325. The van der Waals surface area contributed by atoms with Crippen molar-refractivity contribution in [3.05, 3.63) is 53.6 Å². The van der Waals surface area contributed by atoms with Gasteiger partial charge < -0.3 is 14.2 Å². The number of aromatic nitrogens is 1. The maximum atomic E-state index is 13.4.